The molecule has 0 bridgehead atoms. The van der Waals surface area contributed by atoms with Crippen molar-refractivity contribution in [1.82, 2.24) is 19.6 Å². The zero-order valence-electron chi connectivity index (χ0n) is 11.8. The molecule has 7 nitrogen and oxygen atoms in total. The van der Waals surface area contributed by atoms with E-state index in [-0.39, 0.29) is 11.7 Å². The van der Waals surface area contributed by atoms with Crippen LogP contribution in [0.1, 0.15) is 22.0 Å². The number of carbonyl (C=O) groups excluding carboxylic acids is 1. The molecule has 3 heterocycles. The highest BCUT2D eigenvalue weighted by Gasteiger charge is 2.14. The Kier molecular flexibility index (Phi) is 3.31. The summed E-state index contributed by atoms with van der Waals surface area (Å²) in [5.41, 5.74) is 1.43. The topological polar surface area (TPSA) is 77.9 Å². The summed E-state index contributed by atoms with van der Waals surface area (Å²) in [6.45, 7) is 2.33. The Bertz CT molecular complexity index is 754. The molecule has 7 heteroatoms. The third-order valence-electron chi connectivity index (χ3n) is 3.02. The van der Waals surface area contributed by atoms with Gasteiger partial charge in [-0.15, -0.1) is 0 Å². The van der Waals surface area contributed by atoms with Crippen LogP contribution in [0.25, 0.3) is 0 Å². The Morgan fingerprint density at radius 2 is 2.29 bits per heavy atom. The van der Waals surface area contributed by atoms with Gasteiger partial charge in [-0.25, -0.2) is 0 Å². The number of hydrogen-bond acceptors (Lipinski definition) is 4. The molecule has 0 radical (unpaired) electrons. The minimum absolute atomic E-state index is 0.264. The highest BCUT2D eigenvalue weighted by Crippen LogP contribution is 2.15. The molecule has 1 amide bonds. The zero-order chi connectivity index (χ0) is 14.8. The molecule has 3 aromatic rings. The molecule has 3 aromatic heterocycles. The van der Waals surface area contributed by atoms with Crippen LogP contribution in [0.2, 0.25) is 0 Å². The Morgan fingerprint density at radius 3 is 2.95 bits per heavy atom. The lowest BCUT2D eigenvalue weighted by molar-refractivity contribution is 0.0994. The van der Waals surface area contributed by atoms with Crippen LogP contribution in [0.3, 0.4) is 0 Å². The lowest BCUT2D eigenvalue weighted by Gasteiger charge is -2.01. The highest BCUT2D eigenvalue weighted by molar-refractivity contribution is 6.02. The number of amides is 1. The SMILES string of the molecule is Cc1nn(C)cc1NC(=O)c1ccc(Cn2cccn2)o1. The van der Waals surface area contributed by atoms with Gasteiger partial charge in [0.05, 0.1) is 17.9 Å². The van der Waals surface area contributed by atoms with Crippen LogP contribution in [0.15, 0.2) is 41.2 Å². The van der Waals surface area contributed by atoms with Gasteiger partial charge in [-0.3, -0.25) is 14.2 Å². The molecule has 0 atom stereocenters. The number of furan rings is 1. The fourth-order valence-corrected chi connectivity index (χ4v) is 2.04. The molecule has 0 aliphatic rings. The quantitative estimate of drug-likeness (QED) is 0.793. The fraction of sp³-hybridized carbons (Fsp3) is 0.214. The highest BCUT2D eigenvalue weighted by atomic mass is 16.4. The van der Waals surface area contributed by atoms with Crippen LogP contribution in [-0.4, -0.2) is 25.5 Å². The van der Waals surface area contributed by atoms with Crippen molar-refractivity contribution in [2.24, 2.45) is 7.05 Å². The van der Waals surface area contributed by atoms with Crippen LogP contribution >= 0.6 is 0 Å². The largest absolute Gasteiger partial charge is 0.454 e. The van der Waals surface area contributed by atoms with E-state index >= 15 is 0 Å². The van der Waals surface area contributed by atoms with Crippen LogP contribution in [-0.2, 0) is 13.6 Å². The van der Waals surface area contributed by atoms with Gasteiger partial charge in [-0.05, 0) is 25.1 Å². The second kappa shape index (κ2) is 5.28. The molecule has 1 N–H and O–H groups in total. The maximum absolute atomic E-state index is 12.1. The first-order valence-corrected chi connectivity index (χ1v) is 6.49. The molecule has 0 aliphatic carbocycles. The van der Waals surface area contributed by atoms with Gasteiger partial charge < -0.3 is 9.73 Å². The molecule has 3 rings (SSSR count). The fourth-order valence-electron chi connectivity index (χ4n) is 2.04. The molecule has 0 saturated carbocycles. The van der Waals surface area contributed by atoms with Crippen LogP contribution in [0.5, 0.6) is 0 Å². The molecule has 0 saturated heterocycles. The number of rotatable bonds is 4. The monoisotopic (exact) mass is 285 g/mol. The van der Waals surface area contributed by atoms with Gasteiger partial charge in [0.25, 0.3) is 5.91 Å². The molecule has 21 heavy (non-hydrogen) atoms. The molecule has 0 unspecified atom stereocenters. The van der Waals surface area contributed by atoms with Gasteiger partial charge >= 0.3 is 0 Å². The number of carbonyl (C=O) groups is 1. The van der Waals surface area contributed by atoms with E-state index in [1.54, 1.807) is 40.9 Å². The standard InChI is InChI=1S/C14H15N5O2/c1-10-12(9-18(2)17-10)16-14(20)13-5-4-11(21-13)8-19-7-3-6-15-19/h3-7,9H,8H2,1-2H3,(H,16,20). The van der Waals surface area contributed by atoms with Crippen molar-refractivity contribution in [1.29, 1.82) is 0 Å². The lowest BCUT2D eigenvalue weighted by atomic mass is 10.3. The molecule has 0 fully saturated rings. The summed E-state index contributed by atoms with van der Waals surface area (Å²) in [4.78, 5) is 12.1. The summed E-state index contributed by atoms with van der Waals surface area (Å²) >= 11 is 0. The summed E-state index contributed by atoms with van der Waals surface area (Å²) < 4.78 is 8.91. The van der Waals surface area contributed by atoms with E-state index in [1.807, 2.05) is 19.2 Å². The molecule has 0 spiro atoms. The summed E-state index contributed by atoms with van der Waals surface area (Å²) in [5, 5.41) is 11.0. The molecular weight excluding hydrogens is 270 g/mol. The molecular formula is C14H15N5O2. The van der Waals surface area contributed by atoms with E-state index in [2.05, 4.69) is 15.5 Å². The van der Waals surface area contributed by atoms with Crippen molar-refractivity contribution in [2.75, 3.05) is 5.32 Å². The molecule has 0 aromatic carbocycles. The number of aromatic nitrogens is 4. The predicted molar refractivity (Wildman–Crippen MR) is 75.9 cm³/mol. The number of aryl methyl sites for hydroxylation is 2. The van der Waals surface area contributed by atoms with E-state index in [0.717, 1.165) is 5.69 Å². The Labute approximate surface area is 121 Å². The first kappa shape index (κ1) is 13.2. The second-order valence-corrected chi connectivity index (χ2v) is 4.73. The molecule has 0 aliphatic heterocycles. The smallest absolute Gasteiger partial charge is 0.291 e. The number of anilines is 1. The van der Waals surface area contributed by atoms with E-state index in [1.165, 1.54) is 0 Å². The summed E-state index contributed by atoms with van der Waals surface area (Å²) in [7, 11) is 1.80. The van der Waals surface area contributed by atoms with Crippen molar-refractivity contribution >= 4 is 11.6 Å². The van der Waals surface area contributed by atoms with Crippen LogP contribution in [0.4, 0.5) is 5.69 Å². The number of hydrogen-bond donors (Lipinski definition) is 1. The summed E-state index contributed by atoms with van der Waals surface area (Å²) in [6, 6.07) is 5.26. The molecule has 108 valence electrons. The van der Waals surface area contributed by atoms with Crippen molar-refractivity contribution < 1.29 is 9.21 Å². The maximum Gasteiger partial charge on any atom is 0.291 e. The predicted octanol–water partition coefficient (Wildman–Crippen LogP) is 1.82. The summed E-state index contributed by atoms with van der Waals surface area (Å²) in [6.07, 6.45) is 5.28. The van der Waals surface area contributed by atoms with E-state index in [4.69, 9.17) is 4.42 Å². The van der Waals surface area contributed by atoms with Gasteiger partial charge in [0.1, 0.15) is 5.76 Å². The average Bonchev–Trinajstić information content (AvgIpc) is 3.14. The van der Waals surface area contributed by atoms with Crippen molar-refractivity contribution in [2.45, 2.75) is 13.5 Å². The normalized spacial score (nSPS) is 10.8. The van der Waals surface area contributed by atoms with E-state index in [9.17, 15) is 4.79 Å². The maximum atomic E-state index is 12.1. The van der Waals surface area contributed by atoms with Gasteiger partial charge in [0.2, 0.25) is 0 Å². The summed E-state index contributed by atoms with van der Waals surface area (Å²) in [5.74, 6) is 0.644. The third kappa shape index (κ3) is 2.86. The first-order valence-electron chi connectivity index (χ1n) is 6.49. The van der Waals surface area contributed by atoms with Gasteiger partial charge in [0.15, 0.2) is 5.76 Å². The van der Waals surface area contributed by atoms with Gasteiger partial charge in [0, 0.05) is 25.6 Å². The Morgan fingerprint density at radius 1 is 1.43 bits per heavy atom. The van der Waals surface area contributed by atoms with Crippen molar-refractivity contribution in [3.63, 3.8) is 0 Å². The zero-order valence-corrected chi connectivity index (χ0v) is 11.8. The van der Waals surface area contributed by atoms with Crippen LogP contribution in [0, 0.1) is 6.92 Å². The number of nitrogens with zero attached hydrogens (tertiary/aromatic N) is 4. The van der Waals surface area contributed by atoms with Crippen molar-refractivity contribution in [3.05, 3.63) is 54.0 Å². The van der Waals surface area contributed by atoms with E-state index < -0.39 is 0 Å². The minimum atomic E-state index is -0.294. The van der Waals surface area contributed by atoms with Crippen LogP contribution < -0.4 is 5.32 Å². The third-order valence-corrected chi connectivity index (χ3v) is 3.02. The van der Waals surface area contributed by atoms with Gasteiger partial charge in [-0.1, -0.05) is 0 Å². The van der Waals surface area contributed by atoms with Crippen molar-refractivity contribution in [3.8, 4) is 0 Å². The average molecular weight is 285 g/mol. The lowest BCUT2D eigenvalue weighted by Crippen LogP contribution is -2.11. The Balaban J connectivity index is 1.70. The number of nitrogens with one attached hydrogen (secondary N) is 1. The second-order valence-electron chi connectivity index (χ2n) is 4.73. The van der Waals surface area contributed by atoms with Gasteiger partial charge in [-0.2, -0.15) is 10.2 Å². The minimum Gasteiger partial charge on any atom is -0.454 e. The first-order chi connectivity index (χ1) is 10.1. The van der Waals surface area contributed by atoms with E-state index in [0.29, 0.717) is 18.0 Å². The Hall–Kier alpha value is -2.83.